The Balaban J connectivity index is 2.33. The van der Waals surface area contributed by atoms with Gasteiger partial charge in [-0.15, -0.1) is 0 Å². The van der Waals surface area contributed by atoms with Crippen molar-refractivity contribution in [3.63, 3.8) is 0 Å². The SMILES string of the molecule is CCCN(C(=O)c1cncc(Br)c1)c1ccc(N)cc1. The highest BCUT2D eigenvalue weighted by atomic mass is 79.9. The van der Waals surface area contributed by atoms with Crippen molar-refractivity contribution in [2.45, 2.75) is 13.3 Å². The van der Waals surface area contributed by atoms with Gasteiger partial charge >= 0.3 is 0 Å². The van der Waals surface area contributed by atoms with Crippen LogP contribution in [0.15, 0.2) is 47.2 Å². The fraction of sp³-hybridized carbons (Fsp3) is 0.200. The molecule has 1 amide bonds. The smallest absolute Gasteiger partial charge is 0.259 e. The number of aromatic nitrogens is 1. The maximum Gasteiger partial charge on any atom is 0.259 e. The molecule has 0 fully saturated rings. The predicted octanol–water partition coefficient (Wildman–Crippen LogP) is 3.48. The Morgan fingerprint density at radius 3 is 2.60 bits per heavy atom. The molecule has 2 rings (SSSR count). The van der Waals surface area contributed by atoms with Crippen molar-refractivity contribution in [1.29, 1.82) is 0 Å². The number of hydrogen-bond donors (Lipinski definition) is 1. The Labute approximate surface area is 126 Å². The minimum atomic E-state index is -0.0644. The van der Waals surface area contributed by atoms with E-state index in [1.807, 2.05) is 19.1 Å². The number of rotatable bonds is 4. The molecule has 0 bridgehead atoms. The molecule has 0 aliphatic rings. The highest BCUT2D eigenvalue weighted by molar-refractivity contribution is 9.10. The maximum atomic E-state index is 12.6. The monoisotopic (exact) mass is 333 g/mol. The zero-order chi connectivity index (χ0) is 14.5. The van der Waals surface area contributed by atoms with Crippen LogP contribution in [0.5, 0.6) is 0 Å². The first kappa shape index (κ1) is 14.5. The number of amides is 1. The summed E-state index contributed by atoms with van der Waals surface area (Å²) in [6.45, 7) is 2.69. The van der Waals surface area contributed by atoms with Crippen LogP contribution in [0.1, 0.15) is 23.7 Å². The maximum absolute atomic E-state index is 12.6. The molecule has 0 saturated carbocycles. The Morgan fingerprint density at radius 2 is 2.00 bits per heavy atom. The molecule has 0 atom stereocenters. The fourth-order valence-electron chi connectivity index (χ4n) is 1.91. The molecule has 4 nitrogen and oxygen atoms in total. The van der Waals surface area contributed by atoms with Crippen LogP contribution in [0.3, 0.4) is 0 Å². The van der Waals surface area contributed by atoms with Gasteiger partial charge in [-0.25, -0.2) is 0 Å². The minimum absolute atomic E-state index is 0.0644. The van der Waals surface area contributed by atoms with Gasteiger partial charge in [0.15, 0.2) is 0 Å². The number of carbonyl (C=O) groups excluding carboxylic acids is 1. The van der Waals surface area contributed by atoms with Crippen molar-refractivity contribution in [1.82, 2.24) is 4.98 Å². The van der Waals surface area contributed by atoms with Crippen molar-refractivity contribution in [2.75, 3.05) is 17.2 Å². The van der Waals surface area contributed by atoms with Crippen molar-refractivity contribution in [2.24, 2.45) is 0 Å². The Bertz CT molecular complexity index is 598. The van der Waals surface area contributed by atoms with E-state index < -0.39 is 0 Å². The predicted molar refractivity (Wildman–Crippen MR) is 84.8 cm³/mol. The van der Waals surface area contributed by atoms with E-state index >= 15 is 0 Å². The van der Waals surface area contributed by atoms with Crippen LogP contribution in [-0.4, -0.2) is 17.4 Å². The van der Waals surface area contributed by atoms with Gasteiger partial charge in [0.1, 0.15) is 0 Å². The molecule has 2 aromatic rings. The number of nitrogen functional groups attached to an aromatic ring is 1. The highest BCUT2D eigenvalue weighted by Gasteiger charge is 2.17. The Morgan fingerprint density at radius 1 is 1.30 bits per heavy atom. The number of hydrogen-bond acceptors (Lipinski definition) is 3. The summed E-state index contributed by atoms with van der Waals surface area (Å²) in [6.07, 6.45) is 4.11. The molecule has 0 aliphatic heterocycles. The van der Waals surface area contributed by atoms with Crippen LogP contribution < -0.4 is 10.6 Å². The van der Waals surface area contributed by atoms with Gasteiger partial charge < -0.3 is 10.6 Å². The largest absolute Gasteiger partial charge is 0.399 e. The quantitative estimate of drug-likeness (QED) is 0.871. The number of pyridine rings is 1. The number of anilines is 2. The van der Waals surface area contributed by atoms with Crippen molar-refractivity contribution in [3.05, 3.63) is 52.8 Å². The van der Waals surface area contributed by atoms with Gasteiger partial charge in [0.25, 0.3) is 5.91 Å². The number of benzene rings is 1. The summed E-state index contributed by atoms with van der Waals surface area (Å²) in [7, 11) is 0. The summed E-state index contributed by atoms with van der Waals surface area (Å²) in [4.78, 5) is 18.4. The fourth-order valence-corrected chi connectivity index (χ4v) is 2.28. The molecule has 0 spiro atoms. The average molecular weight is 334 g/mol. The third-order valence-electron chi connectivity index (χ3n) is 2.85. The van der Waals surface area contributed by atoms with Crippen LogP contribution in [0.4, 0.5) is 11.4 Å². The zero-order valence-corrected chi connectivity index (χ0v) is 12.8. The van der Waals surface area contributed by atoms with E-state index in [0.29, 0.717) is 17.8 Å². The third kappa shape index (κ3) is 3.36. The molecule has 20 heavy (non-hydrogen) atoms. The highest BCUT2D eigenvalue weighted by Crippen LogP contribution is 2.20. The summed E-state index contributed by atoms with van der Waals surface area (Å²) >= 11 is 3.33. The normalized spacial score (nSPS) is 10.3. The molecule has 0 unspecified atom stereocenters. The first-order chi connectivity index (χ1) is 9.61. The second-order valence-electron chi connectivity index (χ2n) is 4.44. The Hall–Kier alpha value is -1.88. The Kier molecular flexibility index (Phi) is 4.74. The summed E-state index contributed by atoms with van der Waals surface area (Å²) < 4.78 is 0.789. The van der Waals surface area contributed by atoms with Gasteiger partial charge in [-0.3, -0.25) is 9.78 Å². The van der Waals surface area contributed by atoms with Crippen LogP contribution in [0.2, 0.25) is 0 Å². The summed E-state index contributed by atoms with van der Waals surface area (Å²) in [5.41, 5.74) is 7.77. The average Bonchev–Trinajstić information content (AvgIpc) is 2.45. The molecule has 1 aromatic heterocycles. The summed E-state index contributed by atoms with van der Waals surface area (Å²) in [5.74, 6) is -0.0644. The number of nitrogens with zero attached hydrogens (tertiary/aromatic N) is 2. The van der Waals surface area contributed by atoms with E-state index in [1.165, 1.54) is 0 Å². The summed E-state index contributed by atoms with van der Waals surface area (Å²) in [5, 5.41) is 0. The van der Waals surface area contributed by atoms with Gasteiger partial charge in [0, 0.05) is 34.8 Å². The standard InChI is InChI=1S/C15H16BrN3O/c1-2-7-19(14-5-3-13(17)4-6-14)15(20)11-8-12(16)10-18-9-11/h3-6,8-10H,2,7,17H2,1H3. The van der Waals surface area contributed by atoms with E-state index in [-0.39, 0.29) is 5.91 Å². The second kappa shape index (κ2) is 6.52. The number of halogens is 1. The molecular formula is C15H16BrN3O. The number of carbonyl (C=O) groups is 1. The molecule has 1 aromatic carbocycles. The van der Waals surface area contributed by atoms with Gasteiger partial charge in [0.05, 0.1) is 5.56 Å². The van der Waals surface area contributed by atoms with Crippen LogP contribution in [-0.2, 0) is 0 Å². The zero-order valence-electron chi connectivity index (χ0n) is 11.2. The lowest BCUT2D eigenvalue weighted by molar-refractivity contribution is 0.0986. The van der Waals surface area contributed by atoms with E-state index in [4.69, 9.17) is 5.73 Å². The number of nitrogens with two attached hydrogens (primary N) is 1. The molecule has 0 radical (unpaired) electrons. The molecule has 0 saturated heterocycles. The molecule has 1 heterocycles. The lowest BCUT2D eigenvalue weighted by atomic mass is 10.2. The summed E-state index contributed by atoms with van der Waals surface area (Å²) in [6, 6.07) is 9.08. The van der Waals surface area contributed by atoms with E-state index in [1.54, 1.807) is 35.5 Å². The van der Waals surface area contributed by atoms with Crippen LogP contribution >= 0.6 is 15.9 Å². The molecular weight excluding hydrogens is 318 g/mol. The van der Waals surface area contributed by atoms with E-state index in [9.17, 15) is 4.79 Å². The third-order valence-corrected chi connectivity index (χ3v) is 3.28. The van der Waals surface area contributed by atoms with Crippen LogP contribution in [0.25, 0.3) is 0 Å². The first-order valence-electron chi connectivity index (χ1n) is 6.39. The minimum Gasteiger partial charge on any atom is -0.399 e. The van der Waals surface area contributed by atoms with Gasteiger partial charge in [-0.1, -0.05) is 6.92 Å². The van der Waals surface area contributed by atoms with E-state index in [2.05, 4.69) is 20.9 Å². The molecule has 5 heteroatoms. The molecule has 104 valence electrons. The van der Waals surface area contributed by atoms with E-state index in [0.717, 1.165) is 16.6 Å². The van der Waals surface area contributed by atoms with Crippen molar-refractivity contribution in [3.8, 4) is 0 Å². The first-order valence-corrected chi connectivity index (χ1v) is 7.19. The molecule has 2 N–H and O–H groups in total. The lowest BCUT2D eigenvalue weighted by Crippen LogP contribution is -2.31. The van der Waals surface area contributed by atoms with Gasteiger partial charge in [0.2, 0.25) is 0 Å². The van der Waals surface area contributed by atoms with Crippen molar-refractivity contribution < 1.29 is 4.79 Å². The van der Waals surface area contributed by atoms with Gasteiger partial charge in [-0.2, -0.15) is 0 Å². The topological polar surface area (TPSA) is 59.2 Å². The van der Waals surface area contributed by atoms with Crippen molar-refractivity contribution >= 4 is 33.2 Å². The van der Waals surface area contributed by atoms with Gasteiger partial charge in [-0.05, 0) is 52.7 Å². The second-order valence-corrected chi connectivity index (χ2v) is 5.36. The molecule has 0 aliphatic carbocycles. The lowest BCUT2D eigenvalue weighted by Gasteiger charge is -2.22. The van der Waals surface area contributed by atoms with Crippen LogP contribution in [0, 0.1) is 0 Å².